The van der Waals surface area contributed by atoms with E-state index in [0.29, 0.717) is 24.3 Å². The lowest BCUT2D eigenvalue weighted by Gasteiger charge is -2.34. The van der Waals surface area contributed by atoms with Crippen molar-refractivity contribution in [3.63, 3.8) is 0 Å². The molecule has 0 aromatic heterocycles. The minimum absolute atomic E-state index is 0. The number of nitrogens with one attached hydrogen (secondary N) is 2. The molecule has 0 atom stereocenters. The standard InChI is InChI=1S/C20H34N4O3.ClH/c25-12-11-24-9-7-23(8-10-24)6-5-22-15-18-19(26)13-17(14-20(18)27)16-1-3-21-4-2-16;/h15-17,21-22,25H,1-14H2;1H. The Kier molecular flexibility index (Phi) is 9.88. The van der Waals surface area contributed by atoms with Crippen LogP contribution in [-0.4, -0.2) is 92.0 Å². The molecule has 3 N–H and O–H groups in total. The number of Topliss-reactive ketones (excluding diaryl/α,β-unsaturated/α-hetero) is 2. The predicted octanol–water partition coefficient (Wildman–Crippen LogP) is 0.0394. The maximum atomic E-state index is 12.5. The number of aliphatic hydroxyl groups is 1. The second-order valence-corrected chi connectivity index (χ2v) is 8.02. The quantitative estimate of drug-likeness (QED) is 0.308. The summed E-state index contributed by atoms with van der Waals surface area (Å²) in [5.41, 5.74) is 0.368. The summed E-state index contributed by atoms with van der Waals surface area (Å²) >= 11 is 0. The smallest absolute Gasteiger partial charge is 0.168 e. The summed E-state index contributed by atoms with van der Waals surface area (Å²) < 4.78 is 0. The van der Waals surface area contributed by atoms with E-state index in [0.717, 1.165) is 71.7 Å². The summed E-state index contributed by atoms with van der Waals surface area (Å²) in [5, 5.41) is 15.5. The van der Waals surface area contributed by atoms with Crippen LogP contribution in [0.4, 0.5) is 0 Å². The normalized spacial score (nSPS) is 25.5. The van der Waals surface area contributed by atoms with Crippen molar-refractivity contribution in [1.29, 1.82) is 0 Å². The average Bonchev–Trinajstić information content (AvgIpc) is 2.69. The third-order valence-corrected chi connectivity index (χ3v) is 6.25. The van der Waals surface area contributed by atoms with Crippen LogP contribution in [0, 0.1) is 11.8 Å². The molecule has 2 saturated heterocycles. The lowest BCUT2D eigenvalue weighted by molar-refractivity contribution is -0.126. The van der Waals surface area contributed by atoms with Gasteiger partial charge in [-0.3, -0.25) is 19.4 Å². The molecule has 0 bridgehead atoms. The number of allylic oxidation sites excluding steroid dienone is 1. The molecule has 0 aromatic carbocycles. The first-order chi connectivity index (χ1) is 13.2. The number of β-amino-alcohol motifs (C(OH)–C–C–N with tert-alkyl or cyclic N) is 1. The summed E-state index contributed by atoms with van der Waals surface area (Å²) in [5.74, 6) is 0.775. The number of piperazine rings is 1. The Bertz CT molecular complexity index is 524. The summed E-state index contributed by atoms with van der Waals surface area (Å²) in [6, 6.07) is 0. The highest BCUT2D eigenvalue weighted by Gasteiger charge is 2.35. The van der Waals surface area contributed by atoms with Gasteiger partial charge in [0.1, 0.15) is 0 Å². The van der Waals surface area contributed by atoms with Gasteiger partial charge in [-0.15, -0.1) is 12.4 Å². The van der Waals surface area contributed by atoms with Crippen molar-refractivity contribution < 1.29 is 14.7 Å². The van der Waals surface area contributed by atoms with E-state index in [2.05, 4.69) is 20.4 Å². The molecule has 0 amide bonds. The van der Waals surface area contributed by atoms with E-state index >= 15 is 0 Å². The summed E-state index contributed by atoms with van der Waals surface area (Å²) in [6.07, 6.45) is 4.86. The van der Waals surface area contributed by atoms with E-state index in [1.165, 1.54) is 0 Å². The van der Waals surface area contributed by atoms with Gasteiger partial charge in [-0.25, -0.2) is 0 Å². The van der Waals surface area contributed by atoms with Crippen LogP contribution in [0.1, 0.15) is 25.7 Å². The minimum atomic E-state index is 0. The van der Waals surface area contributed by atoms with Gasteiger partial charge in [0.25, 0.3) is 0 Å². The Morgan fingerprint density at radius 3 is 2.11 bits per heavy atom. The molecule has 160 valence electrons. The molecular formula is C20H35ClN4O3. The van der Waals surface area contributed by atoms with Gasteiger partial charge in [0.05, 0.1) is 12.2 Å². The van der Waals surface area contributed by atoms with Gasteiger partial charge >= 0.3 is 0 Å². The number of hydrogen-bond acceptors (Lipinski definition) is 7. The van der Waals surface area contributed by atoms with Crippen molar-refractivity contribution in [2.75, 3.05) is 65.5 Å². The second kappa shape index (κ2) is 11.9. The maximum absolute atomic E-state index is 12.5. The first kappa shape index (κ1) is 23.3. The Morgan fingerprint density at radius 1 is 0.964 bits per heavy atom. The van der Waals surface area contributed by atoms with Crippen molar-refractivity contribution in [2.24, 2.45) is 11.8 Å². The van der Waals surface area contributed by atoms with E-state index in [9.17, 15) is 9.59 Å². The van der Waals surface area contributed by atoms with Crippen LogP contribution < -0.4 is 10.6 Å². The van der Waals surface area contributed by atoms with Crippen molar-refractivity contribution in [3.05, 3.63) is 11.8 Å². The van der Waals surface area contributed by atoms with E-state index in [-0.39, 0.29) is 36.5 Å². The molecule has 3 aliphatic rings. The number of nitrogens with zero attached hydrogens (tertiary/aromatic N) is 2. The lowest BCUT2D eigenvalue weighted by atomic mass is 9.74. The van der Waals surface area contributed by atoms with Crippen LogP contribution >= 0.6 is 12.4 Å². The molecule has 2 heterocycles. The molecule has 28 heavy (non-hydrogen) atoms. The van der Waals surface area contributed by atoms with E-state index < -0.39 is 0 Å². The third kappa shape index (κ3) is 6.52. The highest BCUT2D eigenvalue weighted by molar-refractivity contribution is 6.21. The molecule has 3 fully saturated rings. The molecule has 8 heteroatoms. The Morgan fingerprint density at radius 2 is 1.54 bits per heavy atom. The van der Waals surface area contributed by atoms with Crippen LogP contribution in [0.5, 0.6) is 0 Å². The van der Waals surface area contributed by atoms with Crippen molar-refractivity contribution >= 4 is 24.0 Å². The zero-order chi connectivity index (χ0) is 19.1. The van der Waals surface area contributed by atoms with Gasteiger partial charge in [-0.05, 0) is 37.8 Å². The molecule has 1 aliphatic carbocycles. The third-order valence-electron chi connectivity index (χ3n) is 6.25. The molecule has 1 saturated carbocycles. The predicted molar refractivity (Wildman–Crippen MR) is 112 cm³/mol. The number of hydrogen-bond donors (Lipinski definition) is 3. The van der Waals surface area contributed by atoms with Gasteiger partial charge in [0.2, 0.25) is 0 Å². The summed E-state index contributed by atoms with van der Waals surface area (Å²) in [4.78, 5) is 29.6. The van der Waals surface area contributed by atoms with E-state index in [1.807, 2.05) is 0 Å². The lowest BCUT2D eigenvalue weighted by Crippen LogP contribution is -2.48. The minimum Gasteiger partial charge on any atom is -0.395 e. The first-order valence-electron chi connectivity index (χ1n) is 10.4. The number of carbonyl (C=O) groups excluding carboxylic acids is 2. The van der Waals surface area contributed by atoms with Gasteiger partial charge < -0.3 is 15.7 Å². The largest absolute Gasteiger partial charge is 0.395 e. The molecule has 0 unspecified atom stereocenters. The Hall–Kier alpha value is -0.990. The molecule has 2 aliphatic heterocycles. The summed E-state index contributed by atoms with van der Waals surface area (Å²) in [6.45, 7) is 8.56. The average molecular weight is 415 g/mol. The van der Waals surface area contributed by atoms with Crippen LogP contribution in [0.25, 0.3) is 0 Å². The highest BCUT2D eigenvalue weighted by Crippen LogP contribution is 2.33. The molecule has 0 spiro atoms. The zero-order valence-electron chi connectivity index (χ0n) is 16.7. The fourth-order valence-corrected chi connectivity index (χ4v) is 4.51. The number of rotatable bonds is 7. The van der Waals surface area contributed by atoms with Crippen LogP contribution in [0.3, 0.4) is 0 Å². The van der Waals surface area contributed by atoms with Crippen molar-refractivity contribution in [1.82, 2.24) is 20.4 Å². The van der Waals surface area contributed by atoms with Crippen LogP contribution in [-0.2, 0) is 9.59 Å². The number of ketones is 2. The molecule has 7 nitrogen and oxygen atoms in total. The monoisotopic (exact) mass is 414 g/mol. The zero-order valence-corrected chi connectivity index (χ0v) is 17.5. The van der Waals surface area contributed by atoms with Gasteiger partial charge in [-0.2, -0.15) is 0 Å². The van der Waals surface area contributed by atoms with Crippen LogP contribution in [0.15, 0.2) is 11.8 Å². The molecule has 3 rings (SSSR count). The molecule has 0 radical (unpaired) electrons. The fraction of sp³-hybridized carbons (Fsp3) is 0.800. The number of carbonyl (C=O) groups is 2. The number of aliphatic hydroxyl groups excluding tert-OH is 1. The highest BCUT2D eigenvalue weighted by atomic mass is 35.5. The van der Waals surface area contributed by atoms with Crippen LogP contribution in [0.2, 0.25) is 0 Å². The summed E-state index contributed by atoms with van der Waals surface area (Å²) in [7, 11) is 0. The second-order valence-electron chi connectivity index (χ2n) is 8.02. The van der Waals surface area contributed by atoms with Crippen molar-refractivity contribution in [3.8, 4) is 0 Å². The molecular weight excluding hydrogens is 380 g/mol. The number of piperidine rings is 1. The Balaban J connectivity index is 0.00000280. The maximum Gasteiger partial charge on any atom is 0.168 e. The number of halogens is 1. The van der Waals surface area contributed by atoms with E-state index in [4.69, 9.17) is 5.11 Å². The van der Waals surface area contributed by atoms with Gasteiger partial charge in [-0.1, -0.05) is 0 Å². The van der Waals surface area contributed by atoms with Gasteiger partial charge in [0.15, 0.2) is 11.6 Å². The SMILES string of the molecule is Cl.O=C1CC(C2CCNCC2)CC(=O)C1=CNCCN1CCN(CCO)CC1. The first-order valence-corrected chi connectivity index (χ1v) is 10.4. The molecule has 0 aromatic rings. The fourth-order valence-electron chi connectivity index (χ4n) is 4.51. The van der Waals surface area contributed by atoms with Crippen molar-refractivity contribution in [2.45, 2.75) is 25.7 Å². The van der Waals surface area contributed by atoms with E-state index in [1.54, 1.807) is 6.20 Å². The topological polar surface area (TPSA) is 84.9 Å². The Labute approximate surface area is 174 Å². The van der Waals surface area contributed by atoms with Gasteiger partial charge in [0, 0.05) is 64.9 Å².